The number of benzene rings is 2. The standard InChI is InChI=1S/C19H24N4O/c1-13-5-8-17(21-2)15(10-13)12-22-16-7-6-14-4-3-9-23(19(20)24)18(14)11-16/h5-8,10-11,21-22H,3-4,9,12H2,1-2H3,(H2,20,24). The summed E-state index contributed by atoms with van der Waals surface area (Å²) in [7, 11) is 1.93. The van der Waals surface area contributed by atoms with Crippen molar-refractivity contribution in [3.05, 3.63) is 53.1 Å². The summed E-state index contributed by atoms with van der Waals surface area (Å²) in [5.41, 5.74) is 12.2. The molecule has 126 valence electrons. The number of anilines is 3. The van der Waals surface area contributed by atoms with Crippen molar-refractivity contribution in [1.82, 2.24) is 0 Å². The number of hydrogen-bond donors (Lipinski definition) is 3. The van der Waals surface area contributed by atoms with Gasteiger partial charge in [-0.2, -0.15) is 0 Å². The maximum absolute atomic E-state index is 11.6. The fourth-order valence-corrected chi connectivity index (χ4v) is 3.22. The monoisotopic (exact) mass is 324 g/mol. The zero-order valence-corrected chi connectivity index (χ0v) is 14.2. The van der Waals surface area contributed by atoms with Crippen molar-refractivity contribution >= 4 is 23.1 Å². The summed E-state index contributed by atoms with van der Waals surface area (Å²) in [6, 6.07) is 12.2. The van der Waals surface area contributed by atoms with Crippen LogP contribution in [0.25, 0.3) is 0 Å². The molecule has 3 rings (SSSR count). The average Bonchev–Trinajstić information content (AvgIpc) is 2.59. The zero-order valence-electron chi connectivity index (χ0n) is 14.2. The van der Waals surface area contributed by atoms with Crippen LogP contribution in [0.4, 0.5) is 21.9 Å². The lowest BCUT2D eigenvalue weighted by Gasteiger charge is -2.28. The second kappa shape index (κ2) is 6.83. The third-order valence-electron chi connectivity index (χ3n) is 4.48. The molecule has 0 saturated heterocycles. The number of nitrogens with zero attached hydrogens (tertiary/aromatic N) is 1. The van der Waals surface area contributed by atoms with Gasteiger partial charge in [0, 0.05) is 31.5 Å². The Balaban J connectivity index is 1.81. The van der Waals surface area contributed by atoms with Gasteiger partial charge in [-0.25, -0.2) is 4.79 Å². The summed E-state index contributed by atoms with van der Waals surface area (Å²) in [6.07, 6.45) is 1.94. The molecule has 4 N–H and O–H groups in total. The van der Waals surface area contributed by atoms with Crippen molar-refractivity contribution in [2.45, 2.75) is 26.3 Å². The van der Waals surface area contributed by atoms with Gasteiger partial charge < -0.3 is 16.4 Å². The van der Waals surface area contributed by atoms with Gasteiger partial charge in [0.15, 0.2) is 0 Å². The van der Waals surface area contributed by atoms with E-state index in [2.05, 4.69) is 47.9 Å². The van der Waals surface area contributed by atoms with Gasteiger partial charge in [0.05, 0.1) is 5.69 Å². The first-order valence-electron chi connectivity index (χ1n) is 8.29. The Kier molecular flexibility index (Phi) is 4.60. The fraction of sp³-hybridized carbons (Fsp3) is 0.316. The highest BCUT2D eigenvalue weighted by molar-refractivity contribution is 5.92. The minimum Gasteiger partial charge on any atom is -0.388 e. The number of urea groups is 1. The Hall–Kier alpha value is -2.69. The van der Waals surface area contributed by atoms with Crippen LogP contribution in [-0.2, 0) is 13.0 Å². The Morgan fingerprint density at radius 2 is 2.08 bits per heavy atom. The number of hydrogen-bond acceptors (Lipinski definition) is 3. The molecule has 5 nitrogen and oxygen atoms in total. The summed E-state index contributed by atoms with van der Waals surface area (Å²) < 4.78 is 0. The van der Waals surface area contributed by atoms with Gasteiger partial charge >= 0.3 is 6.03 Å². The van der Waals surface area contributed by atoms with E-state index >= 15 is 0 Å². The summed E-state index contributed by atoms with van der Waals surface area (Å²) in [4.78, 5) is 13.3. The third kappa shape index (κ3) is 3.30. The smallest absolute Gasteiger partial charge is 0.319 e. The Morgan fingerprint density at radius 3 is 2.83 bits per heavy atom. The van der Waals surface area contributed by atoms with Crippen LogP contribution in [0.2, 0.25) is 0 Å². The van der Waals surface area contributed by atoms with Gasteiger partial charge in [-0.3, -0.25) is 4.90 Å². The van der Waals surface area contributed by atoms with E-state index in [0.717, 1.165) is 29.9 Å². The molecular weight excluding hydrogens is 300 g/mol. The summed E-state index contributed by atoms with van der Waals surface area (Å²) in [5, 5.41) is 6.68. The highest BCUT2D eigenvalue weighted by Gasteiger charge is 2.20. The lowest BCUT2D eigenvalue weighted by molar-refractivity contribution is 0.253. The predicted octanol–water partition coefficient (Wildman–Crippen LogP) is 3.48. The van der Waals surface area contributed by atoms with E-state index in [0.29, 0.717) is 13.1 Å². The van der Waals surface area contributed by atoms with E-state index < -0.39 is 0 Å². The first-order chi connectivity index (χ1) is 11.6. The summed E-state index contributed by atoms with van der Waals surface area (Å²) >= 11 is 0. The van der Waals surface area contributed by atoms with Gasteiger partial charge in [-0.1, -0.05) is 23.8 Å². The van der Waals surface area contributed by atoms with Crippen LogP contribution in [0.5, 0.6) is 0 Å². The molecule has 5 heteroatoms. The van der Waals surface area contributed by atoms with Crippen molar-refractivity contribution in [2.24, 2.45) is 5.73 Å². The Bertz CT molecular complexity index is 757. The van der Waals surface area contributed by atoms with E-state index in [-0.39, 0.29) is 6.03 Å². The van der Waals surface area contributed by atoms with Gasteiger partial charge in [-0.05, 0) is 49.1 Å². The molecule has 2 amide bonds. The van der Waals surface area contributed by atoms with Crippen LogP contribution in [0, 0.1) is 6.92 Å². The number of nitrogens with one attached hydrogen (secondary N) is 2. The van der Waals surface area contributed by atoms with Crippen LogP contribution in [0.1, 0.15) is 23.1 Å². The van der Waals surface area contributed by atoms with Crippen molar-refractivity contribution in [2.75, 3.05) is 29.1 Å². The second-order valence-corrected chi connectivity index (χ2v) is 6.20. The highest BCUT2D eigenvalue weighted by atomic mass is 16.2. The molecule has 2 aromatic carbocycles. The lowest BCUT2D eigenvalue weighted by Crippen LogP contribution is -2.39. The molecular formula is C19H24N4O. The minimum absolute atomic E-state index is 0.385. The SMILES string of the molecule is CNc1ccc(C)cc1CNc1ccc2c(c1)N(C(N)=O)CCC2. The van der Waals surface area contributed by atoms with Gasteiger partial charge in [0.25, 0.3) is 0 Å². The van der Waals surface area contributed by atoms with E-state index in [1.54, 1.807) is 4.90 Å². The molecule has 0 saturated carbocycles. The number of nitrogens with two attached hydrogens (primary N) is 1. The molecule has 0 aromatic heterocycles. The number of carbonyl (C=O) groups excluding carboxylic acids is 1. The van der Waals surface area contributed by atoms with Crippen LogP contribution in [0.15, 0.2) is 36.4 Å². The molecule has 0 aliphatic carbocycles. The van der Waals surface area contributed by atoms with Crippen molar-refractivity contribution < 1.29 is 4.79 Å². The van der Waals surface area contributed by atoms with Crippen molar-refractivity contribution in [1.29, 1.82) is 0 Å². The molecule has 0 atom stereocenters. The molecule has 1 aliphatic heterocycles. The molecule has 1 aliphatic rings. The van der Waals surface area contributed by atoms with Crippen LogP contribution < -0.4 is 21.3 Å². The first kappa shape index (κ1) is 16.2. The first-order valence-corrected chi connectivity index (χ1v) is 8.29. The number of carbonyl (C=O) groups is 1. The zero-order chi connectivity index (χ0) is 17.1. The molecule has 24 heavy (non-hydrogen) atoms. The summed E-state index contributed by atoms with van der Waals surface area (Å²) in [6.45, 7) is 3.49. The fourth-order valence-electron chi connectivity index (χ4n) is 3.22. The molecule has 0 spiro atoms. The predicted molar refractivity (Wildman–Crippen MR) is 99.7 cm³/mol. The number of primary amides is 1. The van der Waals surface area contributed by atoms with Gasteiger partial charge in [0.1, 0.15) is 0 Å². The van der Waals surface area contributed by atoms with E-state index in [9.17, 15) is 4.79 Å². The van der Waals surface area contributed by atoms with Crippen molar-refractivity contribution in [3.8, 4) is 0 Å². The maximum Gasteiger partial charge on any atom is 0.319 e. The molecule has 0 fully saturated rings. The van der Waals surface area contributed by atoms with Crippen molar-refractivity contribution in [3.63, 3.8) is 0 Å². The minimum atomic E-state index is -0.385. The molecule has 0 radical (unpaired) electrons. The highest BCUT2D eigenvalue weighted by Crippen LogP contribution is 2.30. The van der Waals surface area contributed by atoms with Crippen LogP contribution >= 0.6 is 0 Å². The lowest BCUT2D eigenvalue weighted by atomic mass is 10.0. The summed E-state index contributed by atoms with van der Waals surface area (Å²) in [5.74, 6) is 0. The number of amides is 2. The topological polar surface area (TPSA) is 70.4 Å². The number of aryl methyl sites for hydroxylation is 2. The Labute approximate surface area is 142 Å². The van der Waals surface area contributed by atoms with Crippen LogP contribution in [0.3, 0.4) is 0 Å². The molecule has 0 unspecified atom stereocenters. The van der Waals surface area contributed by atoms with E-state index in [1.807, 2.05) is 13.1 Å². The van der Waals surface area contributed by atoms with E-state index in [1.165, 1.54) is 16.7 Å². The molecule has 1 heterocycles. The van der Waals surface area contributed by atoms with Gasteiger partial charge in [0.2, 0.25) is 0 Å². The average molecular weight is 324 g/mol. The third-order valence-corrected chi connectivity index (χ3v) is 4.48. The number of fused-ring (bicyclic) bond motifs is 1. The molecule has 2 aromatic rings. The largest absolute Gasteiger partial charge is 0.388 e. The molecule has 0 bridgehead atoms. The second-order valence-electron chi connectivity index (χ2n) is 6.20. The van der Waals surface area contributed by atoms with Crippen LogP contribution in [-0.4, -0.2) is 19.6 Å². The maximum atomic E-state index is 11.6. The van der Waals surface area contributed by atoms with E-state index in [4.69, 9.17) is 5.73 Å². The number of rotatable bonds is 4. The van der Waals surface area contributed by atoms with Gasteiger partial charge in [-0.15, -0.1) is 0 Å². The normalized spacial score (nSPS) is 13.3. The quantitative estimate of drug-likeness (QED) is 0.806. The Morgan fingerprint density at radius 1 is 1.25 bits per heavy atom.